The van der Waals surface area contributed by atoms with Crippen molar-refractivity contribution in [3.05, 3.63) is 23.8 Å². The molecular weight excluding hydrogens is 190 g/mol. The highest BCUT2D eigenvalue weighted by Crippen LogP contribution is 2.27. The Bertz CT molecular complexity index is 318. The van der Waals surface area contributed by atoms with Crippen LogP contribution in [0, 0.1) is 0 Å². The monoisotopic (exact) mass is 199 g/mol. The molecule has 0 aromatic heterocycles. The Labute approximate surface area is 81.1 Å². The highest BCUT2D eigenvalue weighted by molar-refractivity contribution is 6.30. The highest BCUT2D eigenvalue weighted by atomic mass is 35.5. The van der Waals surface area contributed by atoms with Crippen LogP contribution in [0.25, 0.3) is 0 Å². The number of alkyl halides is 1. The zero-order valence-electron chi connectivity index (χ0n) is 7.12. The van der Waals surface area contributed by atoms with Crippen LogP contribution in [0.3, 0.4) is 0 Å². The van der Waals surface area contributed by atoms with Crippen molar-refractivity contribution in [2.24, 2.45) is 0 Å². The normalized spacial score (nSPS) is 12.5. The zero-order valence-corrected chi connectivity index (χ0v) is 7.88. The average Bonchev–Trinajstić information content (AvgIpc) is 2.01. The van der Waals surface area contributed by atoms with Gasteiger partial charge in [-0.25, -0.2) is 0 Å². The summed E-state index contributed by atoms with van der Waals surface area (Å²) < 4.78 is 0. The Morgan fingerprint density at radius 3 is 2.62 bits per heavy atom. The third-order valence-corrected chi connectivity index (χ3v) is 2.17. The number of benzene rings is 1. The van der Waals surface area contributed by atoms with E-state index in [1.165, 1.54) is 19.1 Å². The summed E-state index contributed by atoms with van der Waals surface area (Å²) in [6.07, 6.45) is 0. The standard InChI is InChI=1S/C9H10ClNO2/c1-5(12)9(10)6-2-7(11)4-8(13)3-6/h2-4,9,13H,11H2,1H3. The molecule has 0 aliphatic rings. The summed E-state index contributed by atoms with van der Waals surface area (Å²) >= 11 is 5.77. The number of anilines is 1. The quantitative estimate of drug-likeness (QED) is 0.564. The Morgan fingerprint density at radius 2 is 2.15 bits per heavy atom. The Kier molecular flexibility index (Phi) is 2.78. The molecule has 1 atom stereocenters. The largest absolute Gasteiger partial charge is 0.508 e. The van der Waals surface area contributed by atoms with E-state index in [1.807, 2.05) is 0 Å². The number of hydrogen-bond donors (Lipinski definition) is 2. The summed E-state index contributed by atoms with van der Waals surface area (Å²) in [6, 6.07) is 4.39. The van der Waals surface area contributed by atoms with Crippen molar-refractivity contribution in [1.29, 1.82) is 0 Å². The maximum atomic E-state index is 10.9. The SMILES string of the molecule is CC(=O)C(Cl)c1cc(N)cc(O)c1. The molecule has 0 fully saturated rings. The molecule has 0 amide bonds. The summed E-state index contributed by atoms with van der Waals surface area (Å²) in [4.78, 5) is 10.9. The van der Waals surface area contributed by atoms with E-state index in [9.17, 15) is 9.90 Å². The molecule has 0 radical (unpaired) electrons. The molecular formula is C9H10ClNO2. The van der Waals surface area contributed by atoms with Crippen LogP contribution in [0.15, 0.2) is 18.2 Å². The number of Topliss-reactive ketones (excluding diaryl/α,β-unsaturated/α-hetero) is 1. The number of hydrogen-bond acceptors (Lipinski definition) is 3. The number of aromatic hydroxyl groups is 1. The zero-order chi connectivity index (χ0) is 10.0. The van der Waals surface area contributed by atoms with Crippen molar-refractivity contribution in [3.8, 4) is 5.75 Å². The number of nitrogen functional groups attached to an aromatic ring is 1. The van der Waals surface area contributed by atoms with Crippen LogP contribution in [0.4, 0.5) is 5.69 Å². The minimum absolute atomic E-state index is 0.0156. The Morgan fingerprint density at radius 1 is 1.54 bits per heavy atom. The Balaban J connectivity index is 3.07. The fraction of sp³-hybridized carbons (Fsp3) is 0.222. The first-order valence-electron chi connectivity index (χ1n) is 3.74. The van der Waals surface area contributed by atoms with Crippen molar-refractivity contribution < 1.29 is 9.90 Å². The van der Waals surface area contributed by atoms with E-state index < -0.39 is 5.38 Å². The molecule has 1 rings (SSSR count). The smallest absolute Gasteiger partial charge is 0.152 e. The molecule has 0 bridgehead atoms. The van der Waals surface area contributed by atoms with E-state index >= 15 is 0 Å². The number of phenols is 1. The fourth-order valence-corrected chi connectivity index (χ4v) is 1.17. The first-order valence-corrected chi connectivity index (χ1v) is 4.18. The van der Waals surface area contributed by atoms with Gasteiger partial charge in [-0.15, -0.1) is 11.6 Å². The first-order chi connectivity index (χ1) is 6.00. The number of halogens is 1. The third kappa shape index (κ3) is 2.36. The van der Waals surface area contributed by atoms with Gasteiger partial charge in [-0.3, -0.25) is 4.79 Å². The molecule has 3 nitrogen and oxygen atoms in total. The lowest BCUT2D eigenvalue weighted by Crippen LogP contribution is -2.02. The number of ketones is 1. The predicted molar refractivity (Wildman–Crippen MR) is 51.8 cm³/mol. The van der Waals surface area contributed by atoms with E-state index in [4.69, 9.17) is 17.3 Å². The number of nitrogens with two attached hydrogens (primary N) is 1. The second kappa shape index (κ2) is 3.66. The summed E-state index contributed by atoms with van der Waals surface area (Å²) in [6.45, 7) is 1.39. The summed E-state index contributed by atoms with van der Waals surface area (Å²) in [5, 5.41) is 8.43. The third-order valence-electron chi connectivity index (χ3n) is 1.61. The topological polar surface area (TPSA) is 63.3 Å². The second-order valence-corrected chi connectivity index (χ2v) is 3.27. The fourth-order valence-electron chi connectivity index (χ4n) is 1.04. The molecule has 0 heterocycles. The van der Waals surface area contributed by atoms with Gasteiger partial charge >= 0.3 is 0 Å². The first kappa shape index (κ1) is 9.86. The summed E-state index contributed by atoms with van der Waals surface area (Å²) in [7, 11) is 0. The van der Waals surface area contributed by atoms with Crippen LogP contribution in [0.5, 0.6) is 5.75 Å². The van der Waals surface area contributed by atoms with Gasteiger partial charge in [0.05, 0.1) is 0 Å². The molecule has 0 spiro atoms. The lowest BCUT2D eigenvalue weighted by molar-refractivity contribution is -0.116. The molecule has 0 aliphatic carbocycles. The van der Waals surface area contributed by atoms with Gasteiger partial charge in [0.25, 0.3) is 0 Å². The van der Waals surface area contributed by atoms with Gasteiger partial charge in [0.15, 0.2) is 5.78 Å². The van der Waals surface area contributed by atoms with Gasteiger partial charge in [0.1, 0.15) is 11.1 Å². The van der Waals surface area contributed by atoms with Crippen molar-refractivity contribution in [2.75, 3.05) is 5.73 Å². The lowest BCUT2D eigenvalue weighted by atomic mass is 10.1. The van der Waals surface area contributed by atoms with Crippen LogP contribution in [-0.2, 0) is 4.79 Å². The molecule has 4 heteroatoms. The van der Waals surface area contributed by atoms with E-state index in [-0.39, 0.29) is 11.5 Å². The summed E-state index contributed by atoms with van der Waals surface area (Å²) in [5.41, 5.74) is 6.38. The van der Waals surface area contributed by atoms with E-state index in [2.05, 4.69) is 0 Å². The van der Waals surface area contributed by atoms with Crippen LogP contribution in [0.2, 0.25) is 0 Å². The van der Waals surface area contributed by atoms with Gasteiger partial charge in [-0.2, -0.15) is 0 Å². The maximum absolute atomic E-state index is 10.9. The van der Waals surface area contributed by atoms with Crippen molar-refractivity contribution >= 4 is 23.1 Å². The molecule has 1 aromatic carbocycles. The summed E-state index contributed by atoms with van der Waals surface area (Å²) in [5.74, 6) is -0.159. The van der Waals surface area contributed by atoms with Gasteiger partial charge in [-0.1, -0.05) is 0 Å². The minimum atomic E-state index is -0.741. The van der Waals surface area contributed by atoms with E-state index in [0.29, 0.717) is 11.3 Å². The minimum Gasteiger partial charge on any atom is -0.508 e. The Hall–Kier alpha value is -1.22. The molecule has 70 valence electrons. The number of rotatable bonds is 2. The van der Waals surface area contributed by atoms with Gasteiger partial charge in [0, 0.05) is 11.8 Å². The van der Waals surface area contributed by atoms with Gasteiger partial charge in [0.2, 0.25) is 0 Å². The van der Waals surface area contributed by atoms with Gasteiger partial charge < -0.3 is 10.8 Å². The number of carbonyl (C=O) groups is 1. The van der Waals surface area contributed by atoms with Crippen LogP contribution < -0.4 is 5.73 Å². The molecule has 1 aromatic rings. The van der Waals surface area contributed by atoms with Crippen molar-refractivity contribution in [2.45, 2.75) is 12.3 Å². The predicted octanol–water partition coefficient (Wildman–Crippen LogP) is 1.84. The van der Waals surface area contributed by atoms with E-state index in [1.54, 1.807) is 6.07 Å². The number of phenolic OH excluding ortho intramolecular Hbond substituents is 1. The van der Waals surface area contributed by atoms with Crippen molar-refractivity contribution in [3.63, 3.8) is 0 Å². The number of carbonyl (C=O) groups excluding carboxylic acids is 1. The van der Waals surface area contributed by atoms with Crippen LogP contribution in [-0.4, -0.2) is 10.9 Å². The molecule has 0 saturated carbocycles. The molecule has 0 saturated heterocycles. The molecule has 1 unspecified atom stereocenters. The van der Waals surface area contributed by atoms with E-state index in [0.717, 1.165) is 0 Å². The van der Waals surface area contributed by atoms with Crippen LogP contribution in [0.1, 0.15) is 17.9 Å². The van der Waals surface area contributed by atoms with Crippen molar-refractivity contribution in [1.82, 2.24) is 0 Å². The van der Waals surface area contributed by atoms with Gasteiger partial charge in [-0.05, 0) is 24.6 Å². The average molecular weight is 200 g/mol. The molecule has 13 heavy (non-hydrogen) atoms. The lowest BCUT2D eigenvalue weighted by Gasteiger charge is -2.07. The second-order valence-electron chi connectivity index (χ2n) is 2.83. The molecule has 0 aliphatic heterocycles. The maximum Gasteiger partial charge on any atom is 0.152 e. The highest BCUT2D eigenvalue weighted by Gasteiger charge is 2.13. The van der Waals surface area contributed by atoms with Crippen LogP contribution >= 0.6 is 11.6 Å². The molecule has 3 N–H and O–H groups in total.